The van der Waals surface area contributed by atoms with E-state index in [-0.39, 0.29) is 18.3 Å². The maximum Gasteiger partial charge on any atom is 0.310 e. The molecule has 0 bridgehead atoms. The Morgan fingerprint density at radius 3 is 2.41 bits per heavy atom. The molecule has 0 aromatic carbocycles. The van der Waals surface area contributed by atoms with E-state index < -0.39 is 60.4 Å². The quantitative estimate of drug-likeness (QED) is 0.292. The summed E-state index contributed by atoms with van der Waals surface area (Å²) in [7, 11) is 0. The van der Waals surface area contributed by atoms with Crippen molar-refractivity contribution in [2.75, 3.05) is 0 Å². The highest BCUT2D eigenvalue weighted by Crippen LogP contribution is 2.36. The third-order valence-electron chi connectivity index (χ3n) is 8.86. The number of ether oxygens (including phenoxy) is 4. The Morgan fingerprint density at radius 2 is 1.80 bits per heavy atom. The lowest BCUT2D eigenvalue weighted by Gasteiger charge is -2.48. The van der Waals surface area contributed by atoms with E-state index in [1.807, 2.05) is 45.1 Å². The Balaban J connectivity index is 2.45. The van der Waals surface area contributed by atoms with E-state index in [0.717, 1.165) is 42.4 Å². The predicted molar refractivity (Wildman–Crippen MR) is 179 cm³/mol. The fraction of sp³-hybridized carbons (Fsp3) is 0.730. The third kappa shape index (κ3) is 12.1. The Labute approximate surface area is 276 Å². The molecule has 2 aliphatic heterocycles. The minimum Gasteiger partial charge on any atom is -0.459 e. The van der Waals surface area contributed by atoms with Crippen molar-refractivity contribution in [3.8, 4) is 0 Å². The van der Waals surface area contributed by atoms with Gasteiger partial charge in [-0.1, -0.05) is 75.6 Å². The monoisotopic (exact) mass is 648 g/mol. The average molecular weight is 649 g/mol. The van der Waals surface area contributed by atoms with Crippen LogP contribution in [-0.4, -0.2) is 75.8 Å². The Morgan fingerprint density at radius 1 is 1.13 bits per heavy atom. The highest BCUT2D eigenvalue weighted by Gasteiger charge is 2.52. The number of carbonyl (C=O) groups is 2. The molecule has 0 spiro atoms. The van der Waals surface area contributed by atoms with Gasteiger partial charge in [0.2, 0.25) is 0 Å². The van der Waals surface area contributed by atoms with E-state index in [9.17, 15) is 24.9 Å². The maximum atomic E-state index is 12.6. The fourth-order valence-electron chi connectivity index (χ4n) is 5.99. The Hall–Kier alpha value is -2.30. The van der Waals surface area contributed by atoms with E-state index in [2.05, 4.69) is 19.9 Å². The lowest BCUT2D eigenvalue weighted by Crippen LogP contribution is -2.64. The summed E-state index contributed by atoms with van der Waals surface area (Å²) in [6.07, 6.45) is 6.86. The molecule has 9 nitrogen and oxygen atoms in total. The molecule has 0 radical (unpaired) electrons. The molecule has 3 N–H and O–H groups in total. The van der Waals surface area contributed by atoms with Gasteiger partial charge in [-0.3, -0.25) is 9.59 Å². The number of hydrogen-bond donors (Lipinski definition) is 3. The molecule has 1 saturated heterocycles. The van der Waals surface area contributed by atoms with Gasteiger partial charge in [0, 0.05) is 6.42 Å². The second-order valence-corrected chi connectivity index (χ2v) is 14.2. The average Bonchev–Trinajstić information content (AvgIpc) is 2.96. The zero-order valence-electron chi connectivity index (χ0n) is 29.7. The molecule has 9 atom stereocenters. The van der Waals surface area contributed by atoms with Gasteiger partial charge in [0.05, 0.1) is 24.5 Å². The second-order valence-electron chi connectivity index (χ2n) is 14.2. The number of carbonyl (C=O) groups excluding carboxylic acids is 2. The van der Waals surface area contributed by atoms with E-state index in [1.165, 1.54) is 0 Å². The predicted octanol–water partition coefficient (Wildman–Crippen LogP) is 6.11. The summed E-state index contributed by atoms with van der Waals surface area (Å²) in [6, 6.07) is 0. The zero-order valence-corrected chi connectivity index (χ0v) is 29.7. The number of hydrogen-bond acceptors (Lipinski definition) is 9. The van der Waals surface area contributed by atoms with Crippen LogP contribution in [0.25, 0.3) is 0 Å². The van der Waals surface area contributed by atoms with Crippen LogP contribution >= 0.6 is 0 Å². The van der Waals surface area contributed by atoms with Crippen molar-refractivity contribution in [2.45, 2.75) is 156 Å². The van der Waals surface area contributed by atoms with Gasteiger partial charge in [0.15, 0.2) is 12.4 Å². The van der Waals surface area contributed by atoms with Crippen LogP contribution in [0.4, 0.5) is 0 Å². The van der Waals surface area contributed by atoms with Crippen molar-refractivity contribution in [1.82, 2.24) is 0 Å². The summed E-state index contributed by atoms with van der Waals surface area (Å²) in [4.78, 5) is 25.0. The minimum absolute atomic E-state index is 0.0750. The number of aliphatic hydroxyl groups is 3. The molecule has 2 unspecified atom stereocenters. The van der Waals surface area contributed by atoms with E-state index in [4.69, 9.17) is 18.9 Å². The lowest BCUT2D eigenvalue weighted by molar-refractivity contribution is -0.334. The van der Waals surface area contributed by atoms with Crippen LogP contribution in [0, 0.1) is 17.8 Å². The Kier molecular flexibility index (Phi) is 15.9. The van der Waals surface area contributed by atoms with Crippen molar-refractivity contribution in [2.24, 2.45) is 17.8 Å². The highest BCUT2D eigenvalue weighted by molar-refractivity contribution is 5.72. The molecule has 0 amide bonds. The molecule has 0 aliphatic carbocycles. The van der Waals surface area contributed by atoms with Gasteiger partial charge < -0.3 is 34.3 Å². The number of cyclic esters (lactones) is 1. The third-order valence-corrected chi connectivity index (χ3v) is 8.86. The molecule has 2 aliphatic rings. The largest absolute Gasteiger partial charge is 0.459 e. The molecule has 0 aromatic rings. The van der Waals surface area contributed by atoms with Crippen LogP contribution in [0.15, 0.2) is 47.1 Å². The smallest absolute Gasteiger partial charge is 0.310 e. The van der Waals surface area contributed by atoms with Crippen LogP contribution in [0.3, 0.4) is 0 Å². The molecular weight excluding hydrogens is 588 g/mol. The molecular formula is C37H60O9. The summed E-state index contributed by atoms with van der Waals surface area (Å²) in [5.74, 6) is -0.819. The SMILES string of the molecule is CCC1CC(C)CC/C=C/C=C(\C)CC(=O)O[C@H]([C@@H](C)O)C/C=C(C)/C=C(\C)[C@@H]1O[C@@H]1OC(C)(C)[C@@H](OC(=O)C(C)C)[C@H](O)[C@@H]1O. The zero-order chi connectivity index (χ0) is 34.8. The normalized spacial score (nSPS) is 37.1. The standard InChI is InChI=1S/C37H60O9/c1-11-28-20-23(4)15-13-12-14-16-24(5)21-30(39)43-29(27(8)38)18-17-25(6)19-26(7)33(28)44-36-32(41)31(40)34(37(9,10)46-36)45-35(42)22(2)3/h12,14,16-17,19,22-23,27-29,31-34,36,38,40-41H,11,13,15,18,20-21H2,1-10H3/b14-12+,24-16+,25-17+,26-19+/t23?,27-,28?,29+,31-,32+,33+,34+,36-/m1/s1. The summed E-state index contributed by atoms with van der Waals surface area (Å²) >= 11 is 0. The van der Waals surface area contributed by atoms with Crippen LogP contribution in [-0.2, 0) is 28.5 Å². The summed E-state index contributed by atoms with van der Waals surface area (Å²) in [6.45, 7) is 18.6. The number of esters is 2. The highest BCUT2D eigenvalue weighted by atomic mass is 16.7. The number of rotatable bonds is 6. The van der Waals surface area contributed by atoms with E-state index in [1.54, 1.807) is 34.6 Å². The van der Waals surface area contributed by atoms with Gasteiger partial charge in [-0.05, 0) is 78.2 Å². The topological polar surface area (TPSA) is 132 Å². The van der Waals surface area contributed by atoms with Gasteiger partial charge >= 0.3 is 11.9 Å². The second kappa shape index (κ2) is 18.3. The van der Waals surface area contributed by atoms with Crippen molar-refractivity contribution in [1.29, 1.82) is 0 Å². The van der Waals surface area contributed by atoms with Gasteiger partial charge in [0.25, 0.3) is 0 Å². The maximum absolute atomic E-state index is 12.6. The molecule has 262 valence electrons. The van der Waals surface area contributed by atoms with Crippen LogP contribution in [0.5, 0.6) is 0 Å². The molecule has 0 saturated carbocycles. The Bertz CT molecular complexity index is 1120. The number of aliphatic hydroxyl groups excluding tert-OH is 3. The molecule has 9 heteroatoms. The van der Waals surface area contributed by atoms with E-state index in [0.29, 0.717) is 12.3 Å². The van der Waals surface area contributed by atoms with Crippen molar-refractivity contribution in [3.63, 3.8) is 0 Å². The van der Waals surface area contributed by atoms with Gasteiger partial charge in [-0.25, -0.2) is 0 Å². The number of allylic oxidation sites excluding steroid dienone is 5. The first kappa shape index (κ1) is 39.9. The van der Waals surface area contributed by atoms with Gasteiger partial charge in [-0.15, -0.1) is 0 Å². The summed E-state index contributed by atoms with van der Waals surface area (Å²) in [5, 5.41) is 32.7. The van der Waals surface area contributed by atoms with Crippen molar-refractivity contribution < 1.29 is 43.9 Å². The minimum atomic E-state index is -1.45. The fourth-order valence-corrected chi connectivity index (χ4v) is 5.99. The van der Waals surface area contributed by atoms with Crippen LogP contribution < -0.4 is 0 Å². The molecule has 1 fully saturated rings. The molecule has 0 aromatic heterocycles. The molecule has 2 heterocycles. The molecule has 46 heavy (non-hydrogen) atoms. The van der Waals surface area contributed by atoms with Crippen LogP contribution in [0.1, 0.15) is 108 Å². The van der Waals surface area contributed by atoms with Crippen molar-refractivity contribution in [3.05, 3.63) is 47.1 Å². The summed E-state index contributed by atoms with van der Waals surface area (Å²) in [5.41, 5.74) is 1.57. The first-order chi connectivity index (χ1) is 21.5. The molecule has 2 rings (SSSR count). The summed E-state index contributed by atoms with van der Waals surface area (Å²) < 4.78 is 24.1. The van der Waals surface area contributed by atoms with Gasteiger partial charge in [0.1, 0.15) is 23.9 Å². The van der Waals surface area contributed by atoms with Gasteiger partial charge in [-0.2, -0.15) is 0 Å². The van der Waals surface area contributed by atoms with Crippen LogP contribution in [0.2, 0.25) is 0 Å². The first-order valence-electron chi connectivity index (χ1n) is 16.9. The lowest BCUT2D eigenvalue weighted by atomic mass is 9.83. The van der Waals surface area contributed by atoms with Crippen molar-refractivity contribution >= 4 is 11.9 Å². The first-order valence-corrected chi connectivity index (χ1v) is 16.9. The van der Waals surface area contributed by atoms with E-state index >= 15 is 0 Å².